The molecule has 1 aromatic rings. The number of carbonyl (C=O) groups excluding carboxylic acids is 2. The third-order valence-electron chi connectivity index (χ3n) is 4.33. The van der Waals surface area contributed by atoms with Crippen molar-refractivity contribution in [2.75, 3.05) is 24.5 Å². The van der Waals surface area contributed by atoms with Gasteiger partial charge in [0.05, 0.1) is 12.3 Å². The van der Waals surface area contributed by atoms with Gasteiger partial charge in [-0.25, -0.2) is 0 Å². The summed E-state index contributed by atoms with van der Waals surface area (Å²) in [5.74, 6) is -1.44. The standard InChI is InChI=1S/C18H24N2O4/c1-3-19(12-13(2)18(23)24)17(22)11-14-6-8-15(9-7-14)20-10-4-5-16(20)21/h6-9,13H,3-5,10-12H2,1-2H3,(H,23,24)/t13-/m0/s1. The molecule has 1 N–H and O–H groups in total. The highest BCUT2D eigenvalue weighted by Gasteiger charge is 2.22. The Bertz CT molecular complexity index is 612. The number of carboxylic acid groups (broad SMARTS) is 1. The van der Waals surface area contributed by atoms with E-state index >= 15 is 0 Å². The molecule has 1 aliphatic heterocycles. The molecular weight excluding hydrogens is 308 g/mol. The molecule has 1 saturated heterocycles. The summed E-state index contributed by atoms with van der Waals surface area (Å²) in [4.78, 5) is 38.4. The first-order valence-corrected chi connectivity index (χ1v) is 8.32. The first-order chi connectivity index (χ1) is 11.4. The van der Waals surface area contributed by atoms with E-state index in [2.05, 4.69) is 0 Å². The molecule has 0 aliphatic carbocycles. The summed E-state index contributed by atoms with van der Waals surface area (Å²) in [5, 5.41) is 8.98. The van der Waals surface area contributed by atoms with E-state index in [0.29, 0.717) is 13.0 Å². The van der Waals surface area contributed by atoms with Crippen LogP contribution in [-0.2, 0) is 20.8 Å². The first kappa shape index (κ1) is 18.0. The maximum Gasteiger partial charge on any atom is 0.308 e. The SMILES string of the molecule is CCN(C[C@H](C)C(=O)O)C(=O)Cc1ccc(N2CCCC2=O)cc1. The Labute approximate surface area is 142 Å². The number of carbonyl (C=O) groups is 3. The Balaban J connectivity index is 1.98. The first-order valence-electron chi connectivity index (χ1n) is 8.32. The van der Waals surface area contributed by atoms with E-state index in [9.17, 15) is 14.4 Å². The molecule has 1 aromatic carbocycles. The number of nitrogens with zero attached hydrogens (tertiary/aromatic N) is 2. The van der Waals surface area contributed by atoms with Crippen LogP contribution in [0.5, 0.6) is 0 Å². The number of hydrogen-bond donors (Lipinski definition) is 1. The lowest BCUT2D eigenvalue weighted by Gasteiger charge is -2.23. The number of amides is 2. The zero-order valence-corrected chi connectivity index (χ0v) is 14.2. The summed E-state index contributed by atoms with van der Waals surface area (Å²) in [6, 6.07) is 7.44. The van der Waals surface area contributed by atoms with Crippen molar-refractivity contribution in [3.8, 4) is 0 Å². The molecule has 1 aliphatic rings. The molecule has 0 spiro atoms. The smallest absolute Gasteiger partial charge is 0.308 e. The van der Waals surface area contributed by atoms with Gasteiger partial charge in [-0.15, -0.1) is 0 Å². The minimum absolute atomic E-state index is 0.0874. The van der Waals surface area contributed by atoms with Crippen molar-refractivity contribution in [2.24, 2.45) is 5.92 Å². The minimum Gasteiger partial charge on any atom is -0.481 e. The van der Waals surface area contributed by atoms with Gasteiger partial charge in [0.15, 0.2) is 0 Å². The summed E-state index contributed by atoms with van der Waals surface area (Å²) in [7, 11) is 0. The average Bonchev–Trinajstić information content (AvgIpc) is 2.98. The molecule has 0 saturated carbocycles. The summed E-state index contributed by atoms with van der Waals surface area (Å²) < 4.78 is 0. The van der Waals surface area contributed by atoms with Gasteiger partial charge < -0.3 is 14.9 Å². The molecule has 24 heavy (non-hydrogen) atoms. The average molecular weight is 332 g/mol. The fourth-order valence-electron chi connectivity index (χ4n) is 2.82. The molecular formula is C18H24N2O4. The molecule has 1 heterocycles. The Kier molecular flexibility index (Phi) is 5.95. The maximum atomic E-state index is 12.4. The van der Waals surface area contributed by atoms with Crippen LogP contribution < -0.4 is 4.90 Å². The monoisotopic (exact) mass is 332 g/mol. The molecule has 1 fully saturated rings. The summed E-state index contributed by atoms with van der Waals surface area (Å²) in [5.41, 5.74) is 1.72. The molecule has 2 rings (SSSR count). The largest absolute Gasteiger partial charge is 0.481 e. The van der Waals surface area contributed by atoms with Crippen molar-refractivity contribution in [3.63, 3.8) is 0 Å². The van der Waals surface area contributed by atoms with Crippen LogP contribution >= 0.6 is 0 Å². The second-order valence-corrected chi connectivity index (χ2v) is 6.16. The highest BCUT2D eigenvalue weighted by molar-refractivity contribution is 5.95. The number of aliphatic carboxylic acids is 1. The minimum atomic E-state index is -0.902. The Hall–Kier alpha value is -2.37. The van der Waals surface area contributed by atoms with Gasteiger partial charge in [-0.3, -0.25) is 14.4 Å². The Morgan fingerprint density at radius 1 is 1.29 bits per heavy atom. The number of benzene rings is 1. The van der Waals surface area contributed by atoms with Crippen LogP contribution in [0.4, 0.5) is 5.69 Å². The van der Waals surface area contributed by atoms with Crippen LogP contribution in [0, 0.1) is 5.92 Å². The van der Waals surface area contributed by atoms with Gasteiger partial charge in [0.25, 0.3) is 0 Å². The molecule has 0 radical (unpaired) electrons. The number of likely N-dealkylation sites (N-methyl/N-ethyl adjacent to an activating group) is 1. The topological polar surface area (TPSA) is 77.9 Å². The van der Waals surface area contributed by atoms with E-state index < -0.39 is 11.9 Å². The summed E-state index contributed by atoms with van der Waals surface area (Å²) in [6.45, 7) is 4.88. The molecule has 130 valence electrons. The molecule has 0 bridgehead atoms. The fourth-order valence-corrected chi connectivity index (χ4v) is 2.82. The highest BCUT2D eigenvalue weighted by Crippen LogP contribution is 2.21. The molecule has 6 heteroatoms. The van der Waals surface area contributed by atoms with Gasteiger partial charge in [-0.05, 0) is 31.0 Å². The highest BCUT2D eigenvalue weighted by atomic mass is 16.4. The fraction of sp³-hybridized carbons (Fsp3) is 0.500. The summed E-state index contributed by atoms with van der Waals surface area (Å²) >= 11 is 0. The van der Waals surface area contributed by atoms with Gasteiger partial charge >= 0.3 is 5.97 Å². The van der Waals surface area contributed by atoms with Gasteiger partial charge in [-0.2, -0.15) is 0 Å². The van der Waals surface area contributed by atoms with Crippen molar-refractivity contribution in [1.82, 2.24) is 4.90 Å². The lowest BCUT2D eigenvalue weighted by atomic mass is 10.1. The van der Waals surface area contributed by atoms with E-state index in [1.54, 1.807) is 16.7 Å². The zero-order chi connectivity index (χ0) is 17.7. The van der Waals surface area contributed by atoms with Gasteiger partial charge in [0.2, 0.25) is 11.8 Å². The second kappa shape index (κ2) is 7.95. The second-order valence-electron chi connectivity index (χ2n) is 6.16. The van der Waals surface area contributed by atoms with Crippen molar-refractivity contribution in [1.29, 1.82) is 0 Å². The van der Waals surface area contributed by atoms with Crippen LogP contribution in [0.25, 0.3) is 0 Å². The lowest BCUT2D eigenvalue weighted by Crippen LogP contribution is -2.37. The van der Waals surface area contributed by atoms with Gasteiger partial charge in [-0.1, -0.05) is 19.1 Å². The third-order valence-corrected chi connectivity index (χ3v) is 4.33. The number of anilines is 1. The molecule has 0 aromatic heterocycles. The van der Waals surface area contributed by atoms with Gasteiger partial charge in [0, 0.05) is 31.7 Å². The van der Waals surface area contributed by atoms with Crippen molar-refractivity contribution < 1.29 is 19.5 Å². The van der Waals surface area contributed by atoms with Crippen molar-refractivity contribution >= 4 is 23.5 Å². The predicted octanol–water partition coefficient (Wildman–Crippen LogP) is 1.93. The van der Waals surface area contributed by atoms with E-state index in [-0.39, 0.29) is 24.8 Å². The summed E-state index contributed by atoms with van der Waals surface area (Å²) in [6.07, 6.45) is 1.70. The van der Waals surface area contributed by atoms with Crippen LogP contribution in [0.3, 0.4) is 0 Å². The molecule has 0 unspecified atom stereocenters. The molecule has 6 nitrogen and oxygen atoms in total. The number of hydrogen-bond acceptors (Lipinski definition) is 3. The van der Waals surface area contributed by atoms with Crippen LogP contribution in [0.2, 0.25) is 0 Å². The Morgan fingerprint density at radius 2 is 1.96 bits per heavy atom. The third kappa shape index (κ3) is 4.34. The molecule has 1 atom stereocenters. The lowest BCUT2D eigenvalue weighted by molar-refractivity contribution is -0.143. The quantitative estimate of drug-likeness (QED) is 0.827. The van der Waals surface area contributed by atoms with E-state index in [0.717, 1.165) is 24.2 Å². The van der Waals surface area contributed by atoms with Crippen molar-refractivity contribution in [2.45, 2.75) is 33.1 Å². The zero-order valence-electron chi connectivity index (χ0n) is 14.2. The van der Waals surface area contributed by atoms with Crippen LogP contribution in [0.15, 0.2) is 24.3 Å². The van der Waals surface area contributed by atoms with E-state index in [1.165, 1.54) is 0 Å². The van der Waals surface area contributed by atoms with Crippen LogP contribution in [-0.4, -0.2) is 47.4 Å². The molecule has 2 amide bonds. The number of rotatable bonds is 7. The maximum absolute atomic E-state index is 12.4. The van der Waals surface area contributed by atoms with E-state index in [1.807, 2.05) is 31.2 Å². The predicted molar refractivity (Wildman–Crippen MR) is 90.8 cm³/mol. The normalized spacial score (nSPS) is 15.4. The number of carboxylic acids is 1. The van der Waals surface area contributed by atoms with Crippen LogP contribution in [0.1, 0.15) is 32.3 Å². The van der Waals surface area contributed by atoms with Gasteiger partial charge in [0.1, 0.15) is 0 Å². The van der Waals surface area contributed by atoms with Crippen molar-refractivity contribution in [3.05, 3.63) is 29.8 Å². The van der Waals surface area contributed by atoms with E-state index in [4.69, 9.17) is 5.11 Å². The Morgan fingerprint density at radius 3 is 2.46 bits per heavy atom.